The second-order valence-electron chi connectivity index (χ2n) is 9.06. The quantitative estimate of drug-likeness (QED) is 0.156. The fourth-order valence-electron chi connectivity index (χ4n) is 4.26. The lowest BCUT2D eigenvalue weighted by atomic mass is 10.0. The molecule has 41 heavy (non-hydrogen) atoms. The van der Waals surface area contributed by atoms with E-state index in [0.29, 0.717) is 47.4 Å². The zero-order valence-electron chi connectivity index (χ0n) is 23.3. The molecule has 1 aromatic heterocycles. The molecule has 8 nitrogen and oxygen atoms in total. The third-order valence-electron chi connectivity index (χ3n) is 6.22. The van der Waals surface area contributed by atoms with Crippen molar-refractivity contribution < 1.29 is 28.6 Å². The lowest BCUT2D eigenvalue weighted by Gasteiger charge is -2.12. The molecule has 4 rings (SSSR count). The Kier molecular flexibility index (Phi) is 9.83. The van der Waals surface area contributed by atoms with E-state index in [-0.39, 0.29) is 24.5 Å². The summed E-state index contributed by atoms with van der Waals surface area (Å²) in [5.41, 5.74) is 3.89. The van der Waals surface area contributed by atoms with Crippen LogP contribution in [0.1, 0.15) is 47.4 Å². The molecular weight excluding hydrogens is 520 g/mol. The molecule has 210 valence electrons. The number of pyridine rings is 1. The largest absolute Gasteiger partial charge is 0.490 e. The summed E-state index contributed by atoms with van der Waals surface area (Å²) in [6, 6.07) is 25.3. The molecule has 0 aliphatic heterocycles. The van der Waals surface area contributed by atoms with Gasteiger partial charge in [-0.3, -0.25) is 9.59 Å². The number of nitrogens with zero attached hydrogens (tertiary/aromatic N) is 1. The van der Waals surface area contributed by atoms with Gasteiger partial charge in [-0.15, -0.1) is 0 Å². The van der Waals surface area contributed by atoms with Crippen molar-refractivity contribution in [3.8, 4) is 33.9 Å². The van der Waals surface area contributed by atoms with E-state index in [9.17, 15) is 14.4 Å². The first-order valence-electron chi connectivity index (χ1n) is 13.4. The standard InChI is InChI=1S/C33H32N2O6/c1-4-40-29-16-14-24(20-30(29)41-5-2)28(36)15-17-32(37)35-31-21-26(19-27(34-31)22-10-7-6-8-11-22)23-12-9-13-25(18-23)33(38)39-3/h6-14,16,18-21H,4-5,15,17H2,1-3H3,(H,34,35,37). The van der Waals surface area contributed by atoms with Crippen LogP contribution in [0.3, 0.4) is 0 Å². The number of methoxy groups -OCH3 is 1. The summed E-state index contributed by atoms with van der Waals surface area (Å²) in [7, 11) is 1.33. The van der Waals surface area contributed by atoms with Crippen LogP contribution in [-0.2, 0) is 9.53 Å². The molecule has 0 radical (unpaired) electrons. The van der Waals surface area contributed by atoms with Crippen LogP contribution in [0.5, 0.6) is 11.5 Å². The first-order chi connectivity index (χ1) is 19.9. The van der Waals surface area contributed by atoms with Crippen molar-refractivity contribution in [1.82, 2.24) is 4.98 Å². The van der Waals surface area contributed by atoms with E-state index in [4.69, 9.17) is 14.2 Å². The molecule has 0 bridgehead atoms. The van der Waals surface area contributed by atoms with Gasteiger partial charge in [0.25, 0.3) is 0 Å². The Morgan fingerprint density at radius 1 is 0.707 bits per heavy atom. The molecule has 3 aromatic carbocycles. The Labute approximate surface area is 239 Å². The number of carbonyl (C=O) groups is 3. The summed E-state index contributed by atoms with van der Waals surface area (Å²) >= 11 is 0. The highest BCUT2D eigenvalue weighted by Gasteiger charge is 2.15. The van der Waals surface area contributed by atoms with Gasteiger partial charge in [-0.1, -0.05) is 42.5 Å². The Morgan fingerprint density at radius 3 is 2.17 bits per heavy atom. The van der Waals surface area contributed by atoms with Crippen LogP contribution < -0.4 is 14.8 Å². The highest BCUT2D eigenvalue weighted by Crippen LogP contribution is 2.30. The zero-order chi connectivity index (χ0) is 29.2. The number of anilines is 1. The highest BCUT2D eigenvalue weighted by molar-refractivity contribution is 6.00. The topological polar surface area (TPSA) is 104 Å². The number of nitrogens with one attached hydrogen (secondary N) is 1. The molecule has 1 amide bonds. The number of hydrogen-bond donors (Lipinski definition) is 1. The molecule has 0 atom stereocenters. The van der Waals surface area contributed by atoms with Crippen molar-refractivity contribution in [3.63, 3.8) is 0 Å². The maximum absolute atomic E-state index is 12.9. The molecule has 1 N–H and O–H groups in total. The zero-order valence-corrected chi connectivity index (χ0v) is 23.3. The number of rotatable bonds is 12. The van der Waals surface area contributed by atoms with Crippen molar-refractivity contribution in [2.45, 2.75) is 26.7 Å². The Morgan fingerprint density at radius 2 is 1.44 bits per heavy atom. The number of ether oxygens (including phenoxy) is 3. The lowest BCUT2D eigenvalue weighted by Crippen LogP contribution is -2.15. The molecule has 0 unspecified atom stereocenters. The second-order valence-corrected chi connectivity index (χ2v) is 9.06. The van der Waals surface area contributed by atoms with E-state index in [1.54, 1.807) is 42.5 Å². The van der Waals surface area contributed by atoms with E-state index in [2.05, 4.69) is 10.3 Å². The summed E-state index contributed by atoms with van der Waals surface area (Å²) in [4.78, 5) is 42.6. The van der Waals surface area contributed by atoms with Gasteiger partial charge in [-0.05, 0) is 67.4 Å². The Balaban J connectivity index is 1.53. The van der Waals surface area contributed by atoms with Gasteiger partial charge in [0.1, 0.15) is 5.82 Å². The highest BCUT2D eigenvalue weighted by atomic mass is 16.5. The molecule has 1 heterocycles. The molecule has 8 heteroatoms. The van der Waals surface area contributed by atoms with Crippen molar-refractivity contribution in [1.29, 1.82) is 0 Å². The van der Waals surface area contributed by atoms with E-state index in [1.165, 1.54) is 7.11 Å². The van der Waals surface area contributed by atoms with Crippen LogP contribution >= 0.6 is 0 Å². The number of carbonyl (C=O) groups excluding carboxylic acids is 3. The van der Waals surface area contributed by atoms with Crippen LogP contribution in [-0.4, -0.2) is 43.0 Å². The molecule has 0 aliphatic rings. The number of benzene rings is 3. The predicted molar refractivity (Wildman–Crippen MR) is 157 cm³/mol. The fourth-order valence-corrected chi connectivity index (χ4v) is 4.26. The van der Waals surface area contributed by atoms with E-state index in [1.807, 2.05) is 56.3 Å². The summed E-state index contributed by atoms with van der Waals surface area (Å²) in [5, 5.41) is 2.84. The first-order valence-corrected chi connectivity index (χ1v) is 13.4. The van der Waals surface area contributed by atoms with Crippen LogP contribution in [0.2, 0.25) is 0 Å². The maximum atomic E-state index is 12.9. The van der Waals surface area contributed by atoms with Crippen molar-refractivity contribution in [3.05, 3.63) is 96.1 Å². The van der Waals surface area contributed by atoms with Gasteiger partial charge in [0, 0.05) is 24.0 Å². The average molecular weight is 553 g/mol. The van der Waals surface area contributed by atoms with Crippen LogP contribution in [0.4, 0.5) is 5.82 Å². The minimum Gasteiger partial charge on any atom is -0.490 e. The average Bonchev–Trinajstić information content (AvgIpc) is 3.01. The van der Waals surface area contributed by atoms with Crippen LogP contribution in [0.25, 0.3) is 22.4 Å². The number of esters is 1. The van der Waals surface area contributed by atoms with Crippen LogP contribution in [0, 0.1) is 0 Å². The predicted octanol–water partition coefficient (Wildman–Crippen LogP) is 6.60. The van der Waals surface area contributed by atoms with E-state index < -0.39 is 5.97 Å². The molecule has 0 aliphatic carbocycles. The van der Waals surface area contributed by atoms with Crippen LogP contribution in [0.15, 0.2) is 84.9 Å². The Hall–Kier alpha value is -4.98. The minimum atomic E-state index is -0.441. The van der Waals surface area contributed by atoms with Gasteiger partial charge in [0.15, 0.2) is 17.3 Å². The summed E-state index contributed by atoms with van der Waals surface area (Å²) < 4.78 is 16.0. The number of Topliss-reactive ketones (excluding diaryl/α,β-unsaturated/α-hetero) is 1. The smallest absolute Gasteiger partial charge is 0.337 e. The number of aromatic nitrogens is 1. The molecule has 0 spiro atoms. The fraction of sp³-hybridized carbons (Fsp3) is 0.212. The van der Waals surface area contributed by atoms with E-state index >= 15 is 0 Å². The second kappa shape index (κ2) is 13.9. The third-order valence-corrected chi connectivity index (χ3v) is 6.22. The van der Waals surface area contributed by atoms with Crippen molar-refractivity contribution in [2.75, 3.05) is 25.6 Å². The molecule has 0 saturated heterocycles. The SMILES string of the molecule is CCOc1ccc(C(=O)CCC(=O)Nc2cc(-c3cccc(C(=O)OC)c3)cc(-c3ccccc3)n2)cc1OCC. The number of ketones is 1. The maximum Gasteiger partial charge on any atom is 0.337 e. The monoisotopic (exact) mass is 552 g/mol. The van der Waals surface area contributed by atoms with Crippen molar-refractivity contribution >= 4 is 23.5 Å². The summed E-state index contributed by atoms with van der Waals surface area (Å²) in [6.07, 6.45) is -0.0157. The minimum absolute atomic E-state index is 0.0117. The van der Waals surface area contributed by atoms with Gasteiger partial charge < -0.3 is 19.5 Å². The van der Waals surface area contributed by atoms with Gasteiger partial charge in [0.2, 0.25) is 5.91 Å². The summed E-state index contributed by atoms with van der Waals surface area (Å²) in [6.45, 7) is 4.65. The molecular formula is C33H32N2O6. The lowest BCUT2D eigenvalue weighted by molar-refractivity contribution is -0.116. The molecule has 0 saturated carbocycles. The van der Waals surface area contributed by atoms with Gasteiger partial charge >= 0.3 is 5.97 Å². The normalized spacial score (nSPS) is 10.5. The third kappa shape index (κ3) is 7.57. The first kappa shape index (κ1) is 29.0. The van der Waals surface area contributed by atoms with Gasteiger partial charge in [0.05, 0.1) is 31.6 Å². The Bertz CT molecular complexity index is 1530. The molecule has 0 fully saturated rings. The summed E-state index contributed by atoms with van der Waals surface area (Å²) in [5.74, 6) is 0.429. The molecule has 4 aromatic rings. The number of hydrogen-bond acceptors (Lipinski definition) is 7. The van der Waals surface area contributed by atoms with Gasteiger partial charge in [-0.25, -0.2) is 9.78 Å². The van der Waals surface area contributed by atoms with Crippen molar-refractivity contribution in [2.24, 2.45) is 0 Å². The number of amides is 1. The van der Waals surface area contributed by atoms with E-state index in [0.717, 1.165) is 16.7 Å². The van der Waals surface area contributed by atoms with Gasteiger partial charge in [-0.2, -0.15) is 0 Å².